The van der Waals surface area contributed by atoms with Gasteiger partial charge < -0.3 is 4.90 Å². The Morgan fingerprint density at radius 3 is 2.64 bits per heavy atom. The lowest BCUT2D eigenvalue weighted by atomic mass is 9.76. The zero-order chi connectivity index (χ0) is 17.4. The minimum atomic E-state index is -0.322. The quantitative estimate of drug-likeness (QED) is 0.592. The van der Waals surface area contributed by atoms with Crippen molar-refractivity contribution in [3.63, 3.8) is 0 Å². The molecule has 0 N–H and O–H groups in total. The summed E-state index contributed by atoms with van der Waals surface area (Å²) in [6, 6.07) is 12.3. The van der Waals surface area contributed by atoms with Crippen LogP contribution in [0.5, 0.6) is 0 Å². The summed E-state index contributed by atoms with van der Waals surface area (Å²) in [5.41, 5.74) is 3.39. The van der Waals surface area contributed by atoms with Gasteiger partial charge in [-0.3, -0.25) is 10.1 Å². The van der Waals surface area contributed by atoms with Gasteiger partial charge in [0.25, 0.3) is 5.69 Å². The van der Waals surface area contributed by atoms with Crippen LogP contribution in [0.2, 0.25) is 0 Å². The number of nitro benzene ring substituents is 1. The van der Waals surface area contributed by atoms with Crippen molar-refractivity contribution < 1.29 is 9.31 Å². The SMILES string of the molecule is O=[N+]([O-])c1ccc2c(c1)C[C@@H]1CCCC[C@@H]1N2Cc1ccc(F)cc1. The number of anilines is 1. The van der Waals surface area contributed by atoms with Crippen molar-refractivity contribution in [3.8, 4) is 0 Å². The number of non-ortho nitro benzene ring substituents is 1. The molecule has 2 aromatic rings. The average molecular weight is 340 g/mol. The third-order valence-electron chi connectivity index (χ3n) is 5.60. The molecule has 0 bridgehead atoms. The summed E-state index contributed by atoms with van der Waals surface area (Å²) in [7, 11) is 0. The van der Waals surface area contributed by atoms with Gasteiger partial charge in [-0.2, -0.15) is 0 Å². The Hall–Kier alpha value is -2.43. The average Bonchev–Trinajstić information content (AvgIpc) is 2.62. The third-order valence-corrected chi connectivity index (χ3v) is 5.60. The summed E-state index contributed by atoms with van der Waals surface area (Å²) in [6.07, 6.45) is 5.70. The summed E-state index contributed by atoms with van der Waals surface area (Å²) in [5, 5.41) is 11.1. The molecule has 130 valence electrons. The number of nitro groups is 1. The molecule has 1 aliphatic carbocycles. The van der Waals surface area contributed by atoms with Gasteiger partial charge in [0.05, 0.1) is 4.92 Å². The molecule has 2 aliphatic rings. The lowest BCUT2D eigenvalue weighted by Crippen LogP contribution is -2.46. The lowest BCUT2D eigenvalue weighted by molar-refractivity contribution is -0.384. The fourth-order valence-corrected chi connectivity index (χ4v) is 4.42. The van der Waals surface area contributed by atoms with Gasteiger partial charge in [0.2, 0.25) is 0 Å². The summed E-state index contributed by atoms with van der Waals surface area (Å²) < 4.78 is 13.2. The first kappa shape index (κ1) is 16.1. The first-order valence-corrected chi connectivity index (χ1v) is 8.90. The van der Waals surface area contributed by atoms with Gasteiger partial charge in [0, 0.05) is 30.4 Å². The van der Waals surface area contributed by atoms with E-state index in [1.807, 2.05) is 18.2 Å². The highest BCUT2D eigenvalue weighted by atomic mass is 19.1. The summed E-state index contributed by atoms with van der Waals surface area (Å²) in [6.45, 7) is 0.715. The van der Waals surface area contributed by atoms with Crippen LogP contribution >= 0.6 is 0 Å². The van der Waals surface area contributed by atoms with E-state index < -0.39 is 0 Å². The Kier molecular flexibility index (Phi) is 4.15. The van der Waals surface area contributed by atoms with E-state index in [0.29, 0.717) is 18.5 Å². The van der Waals surface area contributed by atoms with E-state index >= 15 is 0 Å². The van der Waals surface area contributed by atoms with E-state index in [2.05, 4.69) is 4.90 Å². The number of halogens is 1. The highest BCUT2D eigenvalue weighted by molar-refractivity contribution is 5.61. The Balaban J connectivity index is 1.71. The van der Waals surface area contributed by atoms with Crippen molar-refractivity contribution in [3.05, 3.63) is 69.5 Å². The van der Waals surface area contributed by atoms with Crippen molar-refractivity contribution in [1.29, 1.82) is 0 Å². The summed E-state index contributed by atoms with van der Waals surface area (Å²) in [5.74, 6) is 0.317. The molecule has 2 atom stereocenters. The molecule has 5 heteroatoms. The second-order valence-electron chi connectivity index (χ2n) is 7.14. The number of hydrogen-bond donors (Lipinski definition) is 0. The molecule has 0 radical (unpaired) electrons. The molecule has 2 aromatic carbocycles. The van der Waals surface area contributed by atoms with E-state index in [4.69, 9.17) is 0 Å². The van der Waals surface area contributed by atoms with Crippen LogP contribution < -0.4 is 4.90 Å². The summed E-state index contributed by atoms with van der Waals surface area (Å²) in [4.78, 5) is 13.2. The van der Waals surface area contributed by atoms with Gasteiger partial charge in [0.1, 0.15) is 5.82 Å². The largest absolute Gasteiger partial charge is 0.364 e. The maximum Gasteiger partial charge on any atom is 0.269 e. The molecule has 4 rings (SSSR count). The molecule has 1 aliphatic heterocycles. The van der Waals surface area contributed by atoms with Crippen molar-refractivity contribution in [1.82, 2.24) is 0 Å². The first-order chi connectivity index (χ1) is 12.1. The van der Waals surface area contributed by atoms with Crippen LogP contribution in [0.3, 0.4) is 0 Å². The van der Waals surface area contributed by atoms with Crippen LogP contribution in [0.1, 0.15) is 36.8 Å². The zero-order valence-electron chi connectivity index (χ0n) is 14.0. The van der Waals surface area contributed by atoms with Crippen molar-refractivity contribution in [2.45, 2.75) is 44.7 Å². The van der Waals surface area contributed by atoms with Crippen LogP contribution in [0.15, 0.2) is 42.5 Å². The Morgan fingerprint density at radius 1 is 1.12 bits per heavy atom. The van der Waals surface area contributed by atoms with E-state index in [9.17, 15) is 14.5 Å². The van der Waals surface area contributed by atoms with Gasteiger partial charge in [-0.15, -0.1) is 0 Å². The molecule has 1 saturated carbocycles. The van der Waals surface area contributed by atoms with Gasteiger partial charge >= 0.3 is 0 Å². The molecule has 1 heterocycles. The van der Waals surface area contributed by atoms with Crippen molar-refractivity contribution in [2.75, 3.05) is 4.90 Å². The molecule has 0 amide bonds. The fraction of sp³-hybridized carbons (Fsp3) is 0.400. The first-order valence-electron chi connectivity index (χ1n) is 8.90. The minimum Gasteiger partial charge on any atom is -0.364 e. The number of fused-ring (bicyclic) bond motifs is 2. The Bertz CT molecular complexity index is 791. The predicted molar refractivity (Wildman–Crippen MR) is 95.1 cm³/mol. The topological polar surface area (TPSA) is 46.4 Å². The molecule has 0 spiro atoms. The van der Waals surface area contributed by atoms with Crippen LogP contribution in [-0.4, -0.2) is 11.0 Å². The number of hydrogen-bond acceptors (Lipinski definition) is 3. The highest BCUT2D eigenvalue weighted by Gasteiger charge is 2.36. The van der Waals surface area contributed by atoms with Gasteiger partial charge in [-0.1, -0.05) is 25.0 Å². The van der Waals surface area contributed by atoms with Crippen LogP contribution in [0, 0.1) is 21.8 Å². The second kappa shape index (κ2) is 6.47. The van der Waals surface area contributed by atoms with Crippen molar-refractivity contribution in [2.24, 2.45) is 5.92 Å². The molecular weight excluding hydrogens is 319 g/mol. The molecule has 25 heavy (non-hydrogen) atoms. The minimum absolute atomic E-state index is 0.162. The van der Waals surface area contributed by atoms with Crippen LogP contribution in [0.25, 0.3) is 0 Å². The maximum absolute atomic E-state index is 13.2. The van der Waals surface area contributed by atoms with E-state index in [1.165, 1.54) is 31.4 Å². The van der Waals surface area contributed by atoms with Crippen LogP contribution in [-0.2, 0) is 13.0 Å². The fourth-order valence-electron chi connectivity index (χ4n) is 4.42. The zero-order valence-corrected chi connectivity index (χ0v) is 14.0. The van der Waals surface area contributed by atoms with E-state index in [1.54, 1.807) is 12.1 Å². The number of rotatable bonds is 3. The molecule has 0 saturated heterocycles. The second-order valence-corrected chi connectivity index (χ2v) is 7.14. The Labute approximate surface area is 146 Å². The van der Waals surface area contributed by atoms with Crippen molar-refractivity contribution >= 4 is 11.4 Å². The number of benzene rings is 2. The van der Waals surface area contributed by atoms with Gasteiger partial charge in [-0.05, 0) is 54.5 Å². The standard InChI is InChI=1S/C20H21FN2O2/c21-17-7-5-14(6-8-17)13-22-19-4-2-1-3-15(19)11-16-12-18(23(24)25)9-10-20(16)22/h5-10,12,15,19H,1-4,11,13H2/t15-,19-/m0/s1. The Morgan fingerprint density at radius 2 is 1.88 bits per heavy atom. The van der Waals surface area contributed by atoms with E-state index in [-0.39, 0.29) is 16.4 Å². The van der Waals surface area contributed by atoms with Gasteiger partial charge in [-0.25, -0.2) is 4.39 Å². The monoisotopic (exact) mass is 340 g/mol. The predicted octanol–water partition coefficient (Wildman–Crippen LogP) is 4.86. The molecule has 0 unspecified atom stereocenters. The maximum atomic E-state index is 13.2. The van der Waals surface area contributed by atoms with Crippen LogP contribution in [0.4, 0.5) is 15.8 Å². The normalized spacial score (nSPS) is 22.2. The molecule has 4 nitrogen and oxygen atoms in total. The molecule has 1 fully saturated rings. The third kappa shape index (κ3) is 3.11. The number of nitrogens with zero attached hydrogens (tertiary/aromatic N) is 2. The van der Waals surface area contributed by atoms with E-state index in [0.717, 1.165) is 29.7 Å². The molecular formula is C20H21FN2O2. The summed E-state index contributed by atoms with van der Waals surface area (Å²) >= 11 is 0. The van der Waals surface area contributed by atoms with Gasteiger partial charge in [0.15, 0.2) is 0 Å². The highest BCUT2D eigenvalue weighted by Crippen LogP contribution is 2.42. The smallest absolute Gasteiger partial charge is 0.269 e. The lowest BCUT2D eigenvalue weighted by Gasteiger charge is -2.46. The molecule has 0 aromatic heterocycles.